The Morgan fingerprint density at radius 3 is 2.58 bits per heavy atom. The number of likely N-dealkylation sites (N-methyl/N-ethyl adjacent to an activating group) is 1. The number of aryl methyl sites for hydroxylation is 1. The van der Waals surface area contributed by atoms with Gasteiger partial charge in [0.1, 0.15) is 12.4 Å². The van der Waals surface area contributed by atoms with E-state index < -0.39 is 10.0 Å². The molecule has 0 heterocycles. The van der Waals surface area contributed by atoms with Crippen LogP contribution >= 0.6 is 0 Å². The van der Waals surface area contributed by atoms with Crippen LogP contribution in [0.2, 0.25) is 0 Å². The second-order valence-electron chi connectivity index (χ2n) is 5.92. The number of sulfonamides is 1. The predicted molar refractivity (Wildman–Crippen MR) is 101 cm³/mol. The standard InChI is InChI=1S/C19H24N2O4S/c1-4-20-26(23,24)18-10-6-8-16(14-18)19(22)21(3)11-12-25-17-9-5-7-15(2)13-17/h5-10,13-14,20H,4,11-12H2,1-3H3. The molecule has 0 spiro atoms. The molecule has 6 nitrogen and oxygen atoms in total. The van der Waals surface area contributed by atoms with Crippen molar-refractivity contribution in [3.8, 4) is 5.75 Å². The van der Waals surface area contributed by atoms with Crippen molar-refractivity contribution in [2.24, 2.45) is 0 Å². The van der Waals surface area contributed by atoms with E-state index in [9.17, 15) is 13.2 Å². The van der Waals surface area contributed by atoms with Crippen LogP contribution in [-0.4, -0.2) is 46.0 Å². The summed E-state index contributed by atoms with van der Waals surface area (Å²) in [6.45, 7) is 4.71. The zero-order valence-corrected chi connectivity index (χ0v) is 16.0. The summed E-state index contributed by atoms with van der Waals surface area (Å²) in [6, 6.07) is 13.7. The average molecular weight is 376 g/mol. The second kappa shape index (κ2) is 8.82. The largest absolute Gasteiger partial charge is 0.492 e. The lowest BCUT2D eigenvalue weighted by Gasteiger charge is -2.18. The lowest BCUT2D eigenvalue weighted by atomic mass is 10.2. The van der Waals surface area contributed by atoms with E-state index in [-0.39, 0.29) is 17.3 Å². The van der Waals surface area contributed by atoms with Gasteiger partial charge in [0.05, 0.1) is 11.4 Å². The second-order valence-corrected chi connectivity index (χ2v) is 7.69. The van der Waals surface area contributed by atoms with Gasteiger partial charge in [-0.3, -0.25) is 4.79 Å². The molecule has 2 rings (SSSR count). The van der Waals surface area contributed by atoms with E-state index in [1.54, 1.807) is 26.1 Å². The number of nitrogens with zero attached hydrogens (tertiary/aromatic N) is 1. The van der Waals surface area contributed by atoms with E-state index in [1.807, 2.05) is 31.2 Å². The Balaban J connectivity index is 1.99. The monoisotopic (exact) mass is 376 g/mol. The van der Waals surface area contributed by atoms with Crippen LogP contribution in [0, 0.1) is 6.92 Å². The molecule has 0 aliphatic rings. The average Bonchev–Trinajstić information content (AvgIpc) is 2.61. The molecule has 0 saturated heterocycles. The zero-order chi connectivity index (χ0) is 19.2. The number of rotatable bonds is 8. The maximum atomic E-state index is 12.5. The van der Waals surface area contributed by atoms with Crippen molar-refractivity contribution in [2.75, 3.05) is 26.7 Å². The van der Waals surface area contributed by atoms with Gasteiger partial charge in [-0.15, -0.1) is 0 Å². The summed E-state index contributed by atoms with van der Waals surface area (Å²) in [7, 11) is -1.93. The molecule has 0 aliphatic carbocycles. The Hall–Kier alpha value is -2.38. The minimum absolute atomic E-state index is 0.0783. The predicted octanol–water partition coefficient (Wildman–Crippen LogP) is 2.44. The number of benzene rings is 2. The van der Waals surface area contributed by atoms with Crippen molar-refractivity contribution < 1.29 is 17.9 Å². The minimum atomic E-state index is -3.59. The molecule has 140 valence electrons. The molecular formula is C19H24N2O4S. The molecule has 7 heteroatoms. The number of carbonyl (C=O) groups excluding carboxylic acids is 1. The summed E-state index contributed by atoms with van der Waals surface area (Å²) < 4.78 is 32.2. The van der Waals surface area contributed by atoms with Gasteiger partial charge in [-0.2, -0.15) is 0 Å². The van der Waals surface area contributed by atoms with Crippen molar-refractivity contribution in [1.29, 1.82) is 0 Å². The van der Waals surface area contributed by atoms with Crippen LogP contribution in [-0.2, 0) is 10.0 Å². The summed E-state index contributed by atoms with van der Waals surface area (Å²) in [5, 5.41) is 0. The Morgan fingerprint density at radius 1 is 1.15 bits per heavy atom. The van der Waals surface area contributed by atoms with E-state index in [0.717, 1.165) is 11.3 Å². The highest BCUT2D eigenvalue weighted by molar-refractivity contribution is 7.89. The summed E-state index contributed by atoms with van der Waals surface area (Å²) in [5.74, 6) is 0.496. The van der Waals surface area contributed by atoms with Crippen LogP contribution in [0.25, 0.3) is 0 Å². The molecule has 0 aromatic heterocycles. The Kier molecular flexibility index (Phi) is 6.76. The first kappa shape index (κ1) is 19.9. The highest BCUT2D eigenvalue weighted by Gasteiger charge is 2.17. The molecular weight excluding hydrogens is 352 g/mol. The van der Waals surface area contributed by atoms with Gasteiger partial charge in [0.15, 0.2) is 0 Å². The van der Waals surface area contributed by atoms with Crippen LogP contribution in [0.5, 0.6) is 5.75 Å². The highest BCUT2D eigenvalue weighted by atomic mass is 32.2. The van der Waals surface area contributed by atoms with Crippen LogP contribution in [0.4, 0.5) is 0 Å². The SMILES string of the molecule is CCNS(=O)(=O)c1cccc(C(=O)N(C)CCOc2cccc(C)c2)c1. The Morgan fingerprint density at radius 2 is 1.88 bits per heavy atom. The number of ether oxygens (including phenoxy) is 1. The van der Waals surface area contributed by atoms with Gasteiger partial charge in [-0.05, 0) is 42.8 Å². The maximum absolute atomic E-state index is 12.5. The summed E-state index contributed by atoms with van der Waals surface area (Å²) >= 11 is 0. The lowest BCUT2D eigenvalue weighted by molar-refractivity contribution is 0.0773. The van der Waals surface area contributed by atoms with Gasteiger partial charge in [0.25, 0.3) is 5.91 Å². The van der Waals surface area contributed by atoms with Crippen molar-refractivity contribution in [2.45, 2.75) is 18.7 Å². The number of hydrogen-bond acceptors (Lipinski definition) is 4. The van der Waals surface area contributed by atoms with Crippen LogP contribution in [0.3, 0.4) is 0 Å². The van der Waals surface area contributed by atoms with Gasteiger partial charge in [-0.1, -0.05) is 25.1 Å². The summed E-state index contributed by atoms with van der Waals surface area (Å²) in [5.41, 5.74) is 1.42. The summed E-state index contributed by atoms with van der Waals surface area (Å²) in [4.78, 5) is 14.1. The smallest absolute Gasteiger partial charge is 0.253 e. The quantitative estimate of drug-likeness (QED) is 0.768. The molecule has 0 atom stereocenters. The van der Waals surface area contributed by atoms with Crippen LogP contribution in [0.15, 0.2) is 53.4 Å². The van der Waals surface area contributed by atoms with E-state index in [2.05, 4.69) is 4.72 Å². The Labute approximate surface area is 154 Å². The van der Waals surface area contributed by atoms with E-state index in [4.69, 9.17) is 4.74 Å². The number of nitrogens with one attached hydrogen (secondary N) is 1. The molecule has 2 aromatic rings. The number of hydrogen-bond donors (Lipinski definition) is 1. The molecule has 0 aliphatic heterocycles. The number of carbonyl (C=O) groups is 1. The third-order valence-electron chi connectivity index (χ3n) is 3.76. The van der Waals surface area contributed by atoms with Gasteiger partial charge in [0, 0.05) is 19.2 Å². The topological polar surface area (TPSA) is 75.7 Å². The van der Waals surface area contributed by atoms with Crippen LogP contribution in [0.1, 0.15) is 22.8 Å². The molecule has 0 fully saturated rings. The fourth-order valence-corrected chi connectivity index (χ4v) is 3.48. The first-order valence-electron chi connectivity index (χ1n) is 8.38. The zero-order valence-electron chi connectivity index (χ0n) is 15.2. The first-order chi connectivity index (χ1) is 12.3. The van der Waals surface area contributed by atoms with Crippen molar-refractivity contribution in [3.05, 3.63) is 59.7 Å². The number of amides is 1. The van der Waals surface area contributed by atoms with E-state index >= 15 is 0 Å². The third kappa shape index (κ3) is 5.31. The molecule has 2 aromatic carbocycles. The molecule has 0 unspecified atom stereocenters. The maximum Gasteiger partial charge on any atom is 0.253 e. The molecule has 1 amide bonds. The van der Waals surface area contributed by atoms with Gasteiger partial charge < -0.3 is 9.64 Å². The first-order valence-corrected chi connectivity index (χ1v) is 9.86. The normalized spacial score (nSPS) is 11.2. The highest BCUT2D eigenvalue weighted by Crippen LogP contribution is 2.14. The fourth-order valence-electron chi connectivity index (χ4n) is 2.40. The van der Waals surface area contributed by atoms with Crippen LogP contribution < -0.4 is 9.46 Å². The minimum Gasteiger partial charge on any atom is -0.492 e. The van der Waals surface area contributed by atoms with E-state index in [0.29, 0.717) is 18.7 Å². The van der Waals surface area contributed by atoms with Crippen molar-refractivity contribution in [3.63, 3.8) is 0 Å². The fraction of sp³-hybridized carbons (Fsp3) is 0.316. The Bertz CT molecular complexity index is 865. The summed E-state index contributed by atoms with van der Waals surface area (Å²) in [6.07, 6.45) is 0. The van der Waals surface area contributed by atoms with Gasteiger partial charge in [0.2, 0.25) is 10.0 Å². The van der Waals surface area contributed by atoms with E-state index in [1.165, 1.54) is 17.0 Å². The molecule has 0 radical (unpaired) electrons. The molecule has 0 saturated carbocycles. The lowest BCUT2D eigenvalue weighted by Crippen LogP contribution is -2.31. The van der Waals surface area contributed by atoms with Gasteiger partial charge in [-0.25, -0.2) is 13.1 Å². The molecule has 26 heavy (non-hydrogen) atoms. The third-order valence-corrected chi connectivity index (χ3v) is 5.30. The van der Waals surface area contributed by atoms with Gasteiger partial charge >= 0.3 is 0 Å². The molecule has 1 N–H and O–H groups in total. The van der Waals surface area contributed by atoms with Crippen molar-refractivity contribution >= 4 is 15.9 Å². The van der Waals surface area contributed by atoms with Crippen molar-refractivity contribution in [1.82, 2.24) is 9.62 Å². The molecule has 0 bridgehead atoms.